The van der Waals surface area contributed by atoms with Crippen molar-refractivity contribution < 1.29 is 33.6 Å². The van der Waals surface area contributed by atoms with E-state index in [-0.39, 0.29) is 24.1 Å². The average Bonchev–Trinajstić information content (AvgIpc) is 3.36. The SMILES string of the molecule is CCOC(=O)[C@@H]1C2OC3COC(c4ccc(OC)cc4)OC3[C@H](O)C21. The lowest BCUT2D eigenvalue weighted by Gasteiger charge is -2.41. The molecule has 0 aromatic heterocycles. The first kappa shape index (κ1) is 16.8. The molecule has 0 amide bonds. The Morgan fingerprint density at radius 3 is 2.68 bits per heavy atom. The zero-order valence-electron chi connectivity index (χ0n) is 14.2. The summed E-state index contributed by atoms with van der Waals surface area (Å²) in [6, 6.07) is 7.38. The fourth-order valence-electron chi connectivity index (χ4n) is 3.74. The van der Waals surface area contributed by atoms with Crippen LogP contribution in [0.25, 0.3) is 0 Å². The maximum Gasteiger partial charge on any atom is 0.312 e. The summed E-state index contributed by atoms with van der Waals surface area (Å²) in [5.74, 6) is -0.252. The molecule has 1 aliphatic carbocycles. The van der Waals surface area contributed by atoms with Gasteiger partial charge in [-0.1, -0.05) is 12.1 Å². The minimum absolute atomic E-state index is 0.269. The Morgan fingerprint density at radius 1 is 1.24 bits per heavy atom. The fourth-order valence-corrected chi connectivity index (χ4v) is 3.74. The standard InChI is InChI=1S/C18H22O7/c1-3-22-17(20)13-12-14(19)15-11(24-16(12)13)8-23-18(25-15)9-4-6-10(21-2)7-5-9/h4-7,11-16,18-19H,3,8H2,1-2H3/t11?,12?,13-,14+,15?,16?,18?/m0/s1. The van der Waals surface area contributed by atoms with Crippen LogP contribution in [0.4, 0.5) is 0 Å². The number of aliphatic hydroxyl groups is 1. The molecule has 5 unspecified atom stereocenters. The van der Waals surface area contributed by atoms with Gasteiger partial charge in [0.2, 0.25) is 0 Å². The third-order valence-electron chi connectivity index (χ3n) is 5.08. The van der Waals surface area contributed by atoms with E-state index in [1.165, 1.54) is 0 Å². The van der Waals surface area contributed by atoms with Crippen molar-refractivity contribution in [3.05, 3.63) is 29.8 Å². The second-order valence-corrected chi connectivity index (χ2v) is 6.52. The van der Waals surface area contributed by atoms with Gasteiger partial charge in [0.15, 0.2) is 6.29 Å². The monoisotopic (exact) mass is 350 g/mol. The molecule has 2 aliphatic heterocycles. The number of benzene rings is 1. The van der Waals surface area contributed by atoms with Crippen LogP contribution in [0.1, 0.15) is 18.8 Å². The smallest absolute Gasteiger partial charge is 0.312 e. The molecule has 136 valence electrons. The zero-order chi connectivity index (χ0) is 17.6. The van der Waals surface area contributed by atoms with Crippen molar-refractivity contribution in [3.8, 4) is 5.75 Å². The van der Waals surface area contributed by atoms with Gasteiger partial charge in [0.05, 0.1) is 38.4 Å². The van der Waals surface area contributed by atoms with Crippen molar-refractivity contribution >= 4 is 5.97 Å². The second kappa shape index (κ2) is 6.57. The summed E-state index contributed by atoms with van der Waals surface area (Å²) < 4.78 is 27.8. The summed E-state index contributed by atoms with van der Waals surface area (Å²) in [6.45, 7) is 2.38. The molecule has 0 spiro atoms. The lowest BCUT2D eigenvalue weighted by Crippen LogP contribution is -2.53. The number of fused-ring (bicyclic) bond motifs is 2. The second-order valence-electron chi connectivity index (χ2n) is 6.52. The number of esters is 1. The van der Waals surface area contributed by atoms with Crippen molar-refractivity contribution in [3.63, 3.8) is 0 Å². The predicted octanol–water partition coefficient (Wildman–Crippen LogP) is 1.05. The van der Waals surface area contributed by atoms with Gasteiger partial charge in [-0.3, -0.25) is 4.79 Å². The van der Waals surface area contributed by atoms with E-state index in [0.717, 1.165) is 11.3 Å². The molecular formula is C18H22O7. The van der Waals surface area contributed by atoms with Crippen LogP contribution in [-0.2, 0) is 23.7 Å². The molecule has 7 atom stereocenters. The Bertz CT molecular complexity index is 631. The van der Waals surface area contributed by atoms with Crippen LogP contribution < -0.4 is 4.74 Å². The van der Waals surface area contributed by atoms with Gasteiger partial charge in [-0.15, -0.1) is 0 Å². The van der Waals surface area contributed by atoms with E-state index in [9.17, 15) is 9.90 Å². The number of aliphatic hydroxyl groups excluding tert-OH is 1. The van der Waals surface area contributed by atoms with Crippen LogP contribution in [0.5, 0.6) is 5.75 Å². The summed E-state index contributed by atoms with van der Waals surface area (Å²) in [6.07, 6.45) is -2.57. The van der Waals surface area contributed by atoms with Crippen LogP contribution in [0, 0.1) is 11.8 Å². The zero-order valence-corrected chi connectivity index (χ0v) is 14.2. The van der Waals surface area contributed by atoms with E-state index >= 15 is 0 Å². The minimum Gasteiger partial charge on any atom is -0.497 e. The number of hydrogen-bond acceptors (Lipinski definition) is 7. The van der Waals surface area contributed by atoms with E-state index < -0.39 is 24.4 Å². The van der Waals surface area contributed by atoms with Gasteiger partial charge in [0, 0.05) is 11.5 Å². The average molecular weight is 350 g/mol. The van der Waals surface area contributed by atoms with Gasteiger partial charge in [0.1, 0.15) is 18.0 Å². The van der Waals surface area contributed by atoms with Gasteiger partial charge in [0.25, 0.3) is 0 Å². The predicted molar refractivity (Wildman–Crippen MR) is 84.8 cm³/mol. The Morgan fingerprint density at radius 2 is 2.00 bits per heavy atom. The van der Waals surface area contributed by atoms with Crippen LogP contribution in [0.3, 0.4) is 0 Å². The number of carbonyl (C=O) groups excluding carboxylic acids is 1. The van der Waals surface area contributed by atoms with Gasteiger partial charge in [-0.05, 0) is 19.1 Å². The molecule has 1 N–H and O–H groups in total. The molecule has 0 radical (unpaired) electrons. The summed E-state index contributed by atoms with van der Waals surface area (Å²) in [5, 5.41) is 10.7. The molecule has 1 saturated carbocycles. The molecule has 2 saturated heterocycles. The van der Waals surface area contributed by atoms with E-state index in [0.29, 0.717) is 13.2 Å². The van der Waals surface area contributed by atoms with Crippen molar-refractivity contribution in [1.29, 1.82) is 0 Å². The first-order chi connectivity index (χ1) is 12.1. The lowest BCUT2D eigenvalue weighted by atomic mass is 9.99. The number of carbonyl (C=O) groups is 1. The molecule has 7 heteroatoms. The van der Waals surface area contributed by atoms with E-state index in [1.807, 2.05) is 24.3 Å². The quantitative estimate of drug-likeness (QED) is 0.813. The van der Waals surface area contributed by atoms with Gasteiger partial charge < -0.3 is 28.8 Å². The van der Waals surface area contributed by atoms with Gasteiger partial charge in [-0.2, -0.15) is 0 Å². The normalized spacial score (nSPS) is 39.1. The molecule has 3 fully saturated rings. The van der Waals surface area contributed by atoms with Crippen LogP contribution in [0.2, 0.25) is 0 Å². The maximum absolute atomic E-state index is 12.0. The van der Waals surface area contributed by atoms with E-state index in [2.05, 4.69) is 0 Å². The van der Waals surface area contributed by atoms with Gasteiger partial charge >= 0.3 is 5.97 Å². The van der Waals surface area contributed by atoms with Crippen molar-refractivity contribution in [1.82, 2.24) is 0 Å². The molecule has 1 aromatic carbocycles. The van der Waals surface area contributed by atoms with E-state index in [1.54, 1.807) is 14.0 Å². The Balaban J connectivity index is 1.45. The summed E-state index contributed by atoms with van der Waals surface area (Å²) in [7, 11) is 1.61. The van der Waals surface area contributed by atoms with E-state index in [4.69, 9.17) is 23.7 Å². The molecule has 3 aliphatic rings. The Hall–Kier alpha value is -1.67. The van der Waals surface area contributed by atoms with Crippen LogP contribution in [0.15, 0.2) is 24.3 Å². The maximum atomic E-state index is 12.0. The number of rotatable bonds is 4. The topological polar surface area (TPSA) is 83.5 Å². The molecule has 7 nitrogen and oxygen atoms in total. The summed E-state index contributed by atoms with van der Waals surface area (Å²) in [4.78, 5) is 12.0. The van der Waals surface area contributed by atoms with Crippen molar-refractivity contribution in [2.75, 3.05) is 20.3 Å². The van der Waals surface area contributed by atoms with Crippen molar-refractivity contribution in [2.45, 2.75) is 37.6 Å². The Kier molecular flexibility index (Phi) is 4.41. The molecular weight excluding hydrogens is 328 g/mol. The number of ether oxygens (including phenoxy) is 5. The van der Waals surface area contributed by atoms with Crippen molar-refractivity contribution in [2.24, 2.45) is 11.8 Å². The molecule has 25 heavy (non-hydrogen) atoms. The summed E-state index contributed by atoms with van der Waals surface area (Å²) in [5.41, 5.74) is 0.839. The molecule has 0 bridgehead atoms. The van der Waals surface area contributed by atoms with Crippen LogP contribution >= 0.6 is 0 Å². The minimum atomic E-state index is -0.775. The third kappa shape index (κ3) is 2.91. The molecule has 4 rings (SSSR count). The Labute approximate surface area is 145 Å². The highest BCUT2D eigenvalue weighted by Crippen LogP contribution is 2.52. The summed E-state index contributed by atoms with van der Waals surface area (Å²) >= 11 is 0. The van der Waals surface area contributed by atoms with Crippen LogP contribution in [-0.4, -0.2) is 55.8 Å². The lowest BCUT2D eigenvalue weighted by molar-refractivity contribution is -0.300. The largest absolute Gasteiger partial charge is 0.497 e. The fraction of sp³-hybridized carbons (Fsp3) is 0.611. The first-order valence-corrected chi connectivity index (χ1v) is 8.55. The van der Waals surface area contributed by atoms with Gasteiger partial charge in [-0.25, -0.2) is 0 Å². The molecule has 1 aromatic rings. The highest BCUT2D eigenvalue weighted by atomic mass is 16.7. The first-order valence-electron chi connectivity index (χ1n) is 8.55. The highest BCUT2D eigenvalue weighted by Gasteiger charge is 2.67. The number of hydrogen-bond donors (Lipinski definition) is 1. The third-order valence-corrected chi connectivity index (χ3v) is 5.08. The highest BCUT2D eigenvalue weighted by molar-refractivity contribution is 5.77. The molecule has 2 heterocycles. The number of methoxy groups -OCH3 is 1.